The Morgan fingerprint density at radius 2 is 1.95 bits per heavy atom. The lowest BCUT2D eigenvalue weighted by atomic mass is 10.0. The van der Waals surface area contributed by atoms with Crippen LogP contribution in [0.4, 0.5) is 4.79 Å². The van der Waals surface area contributed by atoms with Gasteiger partial charge in [0.2, 0.25) is 0 Å². The van der Waals surface area contributed by atoms with E-state index in [4.69, 9.17) is 9.84 Å². The maximum atomic E-state index is 11.7. The van der Waals surface area contributed by atoms with E-state index in [9.17, 15) is 9.59 Å². The van der Waals surface area contributed by atoms with Crippen molar-refractivity contribution in [1.82, 2.24) is 5.32 Å². The van der Waals surface area contributed by atoms with E-state index in [1.165, 1.54) is 0 Å². The first kappa shape index (κ1) is 17.0. The van der Waals surface area contributed by atoms with E-state index in [0.29, 0.717) is 19.4 Å². The molecule has 5 heteroatoms. The molecule has 5 nitrogen and oxygen atoms in total. The van der Waals surface area contributed by atoms with Crippen LogP contribution < -0.4 is 5.32 Å². The van der Waals surface area contributed by atoms with E-state index in [1.807, 2.05) is 37.3 Å². The molecule has 0 aromatic heterocycles. The minimum Gasteiger partial charge on any atom is -0.481 e. The lowest BCUT2D eigenvalue weighted by Gasteiger charge is -2.18. The second kappa shape index (κ2) is 9.80. The van der Waals surface area contributed by atoms with E-state index in [0.717, 1.165) is 18.4 Å². The van der Waals surface area contributed by atoms with Gasteiger partial charge >= 0.3 is 12.1 Å². The number of rotatable bonds is 9. The van der Waals surface area contributed by atoms with Gasteiger partial charge in [0, 0.05) is 6.42 Å². The zero-order valence-corrected chi connectivity index (χ0v) is 12.4. The summed E-state index contributed by atoms with van der Waals surface area (Å²) >= 11 is 0. The number of hydrogen-bond acceptors (Lipinski definition) is 3. The molecule has 2 N–H and O–H groups in total. The first-order valence-electron chi connectivity index (χ1n) is 7.33. The van der Waals surface area contributed by atoms with Crippen LogP contribution in [0.3, 0.4) is 0 Å². The molecule has 1 atom stereocenters. The number of aliphatic carboxylic acids is 1. The molecule has 0 heterocycles. The Morgan fingerprint density at radius 3 is 2.57 bits per heavy atom. The zero-order chi connectivity index (χ0) is 15.5. The van der Waals surface area contributed by atoms with Crippen LogP contribution in [0, 0.1) is 0 Å². The molecule has 1 rings (SSSR count). The molecule has 1 unspecified atom stereocenters. The summed E-state index contributed by atoms with van der Waals surface area (Å²) in [6, 6.07) is 9.29. The van der Waals surface area contributed by atoms with Crippen molar-refractivity contribution < 1.29 is 19.4 Å². The van der Waals surface area contributed by atoms with Gasteiger partial charge in [0.15, 0.2) is 0 Å². The number of carboxylic acid groups (broad SMARTS) is 1. The van der Waals surface area contributed by atoms with Crippen LogP contribution in [0.2, 0.25) is 0 Å². The molecule has 0 aliphatic carbocycles. The molecular weight excluding hydrogens is 270 g/mol. The van der Waals surface area contributed by atoms with Crippen molar-refractivity contribution in [2.24, 2.45) is 0 Å². The highest BCUT2D eigenvalue weighted by Gasteiger charge is 2.15. The number of unbranched alkanes of at least 4 members (excludes halogenated alkanes) is 1. The molecule has 1 aromatic rings. The number of carboxylic acids is 1. The lowest BCUT2D eigenvalue weighted by molar-refractivity contribution is -0.137. The number of alkyl carbamates (subject to hydrolysis) is 1. The summed E-state index contributed by atoms with van der Waals surface area (Å²) < 4.78 is 5.10. The molecule has 0 fully saturated rings. The normalized spacial score (nSPS) is 11.7. The van der Waals surface area contributed by atoms with Crippen LogP contribution in [-0.2, 0) is 9.53 Å². The Morgan fingerprint density at radius 1 is 1.24 bits per heavy atom. The number of carbonyl (C=O) groups is 2. The summed E-state index contributed by atoms with van der Waals surface area (Å²) in [5.41, 5.74) is 0.954. The highest BCUT2D eigenvalue weighted by molar-refractivity contribution is 5.68. The molecule has 0 radical (unpaired) electrons. The van der Waals surface area contributed by atoms with Crippen molar-refractivity contribution in [1.29, 1.82) is 0 Å². The van der Waals surface area contributed by atoms with Gasteiger partial charge < -0.3 is 15.2 Å². The van der Waals surface area contributed by atoms with Crippen LogP contribution in [0.15, 0.2) is 30.3 Å². The number of hydrogen-bond donors (Lipinski definition) is 2. The molecule has 1 aromatic carbocycles. The van der Waals surface area contributed by atoms with Crippen molar-refractivity contribution in [3.05, 3.63) is 35.9 Å². The molecule has 0 saturated heterocycles. The van der Waals surface area contributed by atoms with E-state index in [2.05, 4.69) is 5.32 Å². The van der Waals surface area contributed by atoms with Gasteiger partial charge in [0.05, 0.1) is 12.6 Å². The second-order valence-electron chi connectivity index (χ2n) is 4.88. The summed E-state index contributed by atoms with van der Waals surface area (Å²) in [5.74, 6) is -0.827. The standard InChI is InChI=1S/C16H23NO4/c1-2-3-12-21-16(20)17-14(10-7-11-15(18)19)13-8-5-4-6-9-13/h4-6,8-9,14H,2-3,7,10-12H2,1H3,(H,17,20)(H,18,19). The summed E-state index contributed by atoms with van der Waals surface area (Å²) in [6.07, 6.45) is 2.52. The third-order valence-corrected chi connectivity index (χ3v) is 3.11. The summed E-state index contributed by atoms with van der Waals surface area (Å²) in [4.78, 5) is 22.4. The van der Waals surface area contributed by atoms with Gasteiger partial charge in [0.1, 0.15) is 0 Å². The number of carbonyl (C=O) groups excluding carboxylic acids is 1. The third kappa shape index (κ3) is 7.34. The van der Waals surface area contributed by atoms with Crippen LogP contribution in [-0.4, -0.2) is 23.8 Å². The van der Waals surface area contributed by atoms with Crippen molar-refractivity contribution >= 4 is 12.1 Å². The molecule has 0 aliphatic heterocycles. The minimum atomic E-state index is -0.827. The van der Waals surface area contributed by atoms with Gasteiger partial charge in [-0.2, -0.15) is 0 Å². The summed E-state index contributed by atoms with van der Waals surface area (Å²) in [5, 5.41) is 11.5. The Labute approximate surface area is 125 Å². The van der Waals surface area contributed by atoms with Crippen LogP contribution in [0.1, 0.15) is 50.6 Å². The number of amides is 1. The quantitative estimate of drug-likeness (QED) is 0.683. The van der Waals surface area contributed by atoms with Gasteiger partial charge in [-0.3, -0.25) is 4.79 Å². The molecule has 21 heavy (non-hydrogen) atoms. The highest BCUT2D eigenvalue weighted by atomic mass is 16.5. The van der Waals surface area contributed by atoms with Gasteiger partial charge in [-0.1, -0.05) is 43.7 Å². The Kier molecular flexibility index (Phi) is 7.94. The first-order chi connectivity index (χ1) is 10.1. The average molecular weight is 293 g/mol. The predicted molar refractivity (Wildman–Crippen MR) is 80.1 cm³/mol. The average Bonchev–Trinajstić information content (AvgIpc) is 2.47. The maximum absolute atomic E-state index is 11.7. The van der Waals surface area contributed by atoms with Crippen molar-refractivity contribution in [2.75, 3.05) is 6.61 Å². The molecule has 116 valence electrons. The van der Waals surface area contributed by atoms with Gasteiger partial charge in [0.25, 0.3) is 0 Å². The second-order valence-corrected chi connectivity index (χ2v) is 4.88. The fourth-order valence-corrected chi connectivity index (χ4v) is 1.96. The molecule has 0 spiro atoms. The van der Waals surface area contributed by atoms with E-state index in [1.54, 1.807) is 0 Å². The Bertz CT molecular complexity index is 433. The Hall–Kier alpha value is -2.04. The molecule has 0 aliphatic rings. The van der Waals surface area contributed by atoms with Crippen LogP contribution in [0.25, 0.3) is 0 Å². The predicted octanol–water partition coefficient (Wildman–Crippen LogP) is 3.51. The maximum Gasteiger partial charge on any atom is 0.407 e. The van der Waals surface area contributed by atoms with Crippen molar-refractivity contribution in [2.45, 2.75) is 45.1 Å². The number of ether oxygens (including phenoxy) is 1. The van der Waals surface area contributed by atoms with Crippen LogP contribution >= 0.6 is 0 Å². The first-order valence-corrected chi connectivity index (χ1v) is 7.33. The fraction of sp³-hybridized carbons (Fsp3) is 0.500. The van der Waals surface area contributed by atoms with Crippen LogP contribution in [0.5, 0.6) is 0 Å². The van der Waals surface area contributed by atoms with Gasteiger partial charge in [-0.15, -0.1) is 0 Å². The lowest BCUT2D eigenvalue weighted by Crippen LogP contribution is -2.29. The van der Waals surface area contributed by atoms with Gasteiger partial charge in [-0.25, -0.2) is 4.79 Å². The number of benzene rings is 1. The van der Waals surface area contributed by atoms with E-state index in [-0.39, 0.29) is 12.5 Å². The smallest absolute Gasteiger partial charge is 0.407 e. The molecule has 1 amide bonds. The molecule has 0 saturated carbocycles. The minimum absolute atomic E-state index is 0.0932. The van der Waals surface area contributed by atoms with Gasteiger partial charge in [-0.05, 0) is 24.8 Å². The largest absolute Gasteiger partial charge is 0.481 e. The zero-order valence-electron chi connectivity index (χ0n) is 12.4. The summed E-state index contributed by atoms with van der Waals surface area (Å²) in [7, 11) is 0. The summed E-state index contributed by atoms with van der Waals surface area (Å²) in [6.45, 7) is 2.43. The topological polar surface area (TPSA) is 75.6 Å². The van der Waals surface area contributed by atoms with E-state index < -0.39 is 12.1 Å². The monoisotopic (exact) mass is 293 g/mol. The fourth-order valence-electron chi connectivity index (χ4n) is 1.96. The van der Waals surface area contributed by atoms with Crippen molar-refractivity contribution in [3.63, 3.8) is 0 Å². The number of nitrogens with one attached hydrogen (secondary N) is 1. The van der Waals surface area contributed by atoms with Crippen molar-refractivity contribution in [3.8, 4) is 0 Å². The highest BCUT2D eigenvalue weighted by Crippen LogP contribution is 2.19. The molecule has 0 bridgehead atoms. The van der Waals surface area contributed by atoms with E-state index >= 15 is 0 Å². The molecular formula is C16H23NO4. The Balaban J connectivity index is 2.55. The SMILES string of the molecule is CCCCOC(=O)NC(CCCC(=O)O)c1ccccc1. The third-order valence-electron chi connectivity index (χ3n) is 3.11.